The van der Waals surface area contributed by atoms with Gasteiger partial charge < -0.3 is 49.2 Å². The molecule has 57 heavy (non-hydrogen) atoms. The van der Waals surface area contributed by atoms with E-state index < -0.39 is 78.0 Å². The molecule has 13 heteroatoms. The molecule has 0 aromatic heterocycles. The Morgan fingerprint density at radius 1 is 1.00 bits per heavy atom. The van der Waals surface area contributed by atoms with Crippen molar-refractivity contribution in [2.45, 2.75) is 147 Å². The Morgan fingerprint density at radius 2 is 1.65 bits per heavy atom. The van der Waals surface area contributed by atoms with Gasteiger partial charge in [-0.15, -0.1) is 0 Å². The zero-order chi connectivity index (χ0) is 42.4. The molecule has 2 fully saturated rings. The molecule has 0 radical (unpaired) electrons. The Labute approximate surface area is 339 Å². The van der Waals surface area contributed by atoms with Crippen LogP contribution in [0.3, 0.4) is 0 Å². The van der Waals surface area contributed by atoms with E-state index >= 15 is 0 Å². The summed E-state index contributed by atoms with van der Waals surface area (Å²) >= 11 is 0. The normalized spacial score (nSPS) is 37.8. The van der Waals surface area contributed by atoms with E-state index in [1.165, 1.54) is 6.92 Å². The second kappa shape index (κ2) is 19.7. The van der Waals surface area contributed by atoms with E-state index in [2.05, 4.69) is 5.32 Å². The van der Waals surface area contributed by atoms with E-state index in [1.807, 2.05) is 93.3 Å². The van der Waals surface area contributed by atoms with Crippen LogP contribution in [0.1, 0.15) is 85.8 Å². The molecule has 320 valence electrons. The van der Waals surface area contributed by atoms with Crippen LogP contribution in [0.4, 0.5) is 10.5 Å². The SMILES string of the molecule is CCC1OC(=O)C(C)C(OC(=O)Nc2cccc(Cc3ccccc3)c2)C(C)C(OC2OC(C)CC(N(C)C)C2O)C(C)(O)CC(C)CN(C)C(C)C(O)C1(C)O. The third-order valence-electron chi connectivity index (χ3n) is 12.1. The number of cyclic esters (lactones) is 1. The lowest BCUT2D eigenvalue weighted by Crippen LogP contribution is -2.59. The van der Waals surface area contributed by atoms with Gasteiger partial charge in [0.25, 0.3) is 0 Å². The van der Waals surface area contributed by atoms with Crippen molar-refractivity contribution < 1.29 is 49.0 Å². The van der Waals surface area contributed by atoms with E-state index in [0.717, 1.165) is 11.1 Å². The van der Waals surface area contributed by atoms with Crippen LogP contribution in [-0.4, -0.2) is 136 Å². The number of likely N-dealkylation sites (N-methyl/N-ethyl adjacent to an activating group) is 2. The highest BCUT2D eigenvalue weighted by molar-refractivity contribution is 5.85. The summed E-state index contributed by atoms with van der Waals surface area (Å²) in [6.07, 6.45) is -6.58. The topological polar surface area (TPSA) is 170 Å². The number of amides is 1. The second-order valence-electron chi connectivity index (χ2n) is 17.5. The lowest BCUT2D eigenvalue weighted by Gasteiger charge is -2.47. The van der Waals surface area contributed by atoms with Crippen LogP contribution in [0.5, 0.6) is 0 Å². The average molecular weight is 800 g/mol. The zero-order valence-electron chi connectivity index (χ0n) is 35.8. The number of hydrogen-bond donors (Lipinski definition) is 5. The van der Waals surface area contributed by atoms with E-state index in [4.69, 9.17) is 18.9 Å². The number of ether oxygens (including phenoxy) is 4. The average Bonchev–Trinajstić information content (AvgIpc) is 3.14. The van der Waals surface area contributed by atoms with Crippen LogP contribution in [0.25, 0.3) is 0 Å². The number of carbonyl (C=O) groups excluding carboxylic acids is 2. The highest BCUT2D eigenvalue weighted by atomic mass is 16.7. The second-order valence-corrected chi connectivity index (χ2v) is 17.5. The van der Waals surface area contributed by atoms with Gasteiger partial charge in [-0.25, -0.2) is 4.79 Å². The van der Waals surface area contributed by atoms with Crippen molar-refractivity contribution in [1.29, 1.82) is 0 Å². The minimum absolute atomic E-state index is 0.179. The summed E-state index contributed by atoms with van der Waals surface area (Å²) < 4.78 is 25.0. The maximum absolute atomic E-state index is 14.2. The highest BCUT2D eigenvalue weighted by Gasteiger charge is 2.51. The van der Waals surface area contributed by atoms with Crippen molar-refractivity contribution >= 4 is 17.7 Å². The van der Waals surface area contributed by atoms with Gasteiger partial charge in [0.15, 0.2) is 6.29 Å². The van der Waals surface area contributed by atoms with Crippen molar-refractivity contribution in [3.63, 3.8) is 0 Å². The third-order valence-corrected chi connectivity index (χ3v) is 12.1. The first-order valence-electron chi connectivity index (χ1n) is 20.5. The Hall–Kier alpha value is -3.14. The standard InChI is InChI=1S/C44H69N3O10/c1-12-35-44(8,53)38(49)30(6)47(11)25-26(2)24-43(7,52)39(57-41-36(48)34(46(9)10)21-27(3)54-41)28(4)37(29(5)40(50)55-35)56-42(51)45-33-20-16-19-32(23-33)22-31-17-14-13-15-18-31/h13-20,23,26-30,34-39,41,48-49,52-53H,12,21-22,24-25H2,1-11H3,(H,45,51). The van der Waals surface area contributed by atoms with Gasteiger partial charge in [0.1, 0.15) is 30.0 Å². The monoisotopic (exact) mass is 799 g/mol. The number of nitrogens with zero attached hydrogens (tertiary/aromatic N) is 2. The molecule has 2 heterocycles. The molecule has 0 aliphatic carbocycles. The number of benzene rings is 2. The molecular weight excluding hydrogens is 730 g/mol. The van der Waals surface area contributed by atoms with Crippen molar-refractivity contribution in [3.05, 3.63) is 65.7 Å². The van der Waals surface area contributed by atoms with Crippen molar-refractivity contribution in [2.24, 2.45) is 17.8 Å². The minimum Gasteiger partial charge on any atom is -0.459 e. The number of aliphatic hydroxyl groups is 4. The molecule has 2 aliphatic heterocycles. The van der Waals surface area contributed by atoms with Crippen LogP contribution in [-0.2, 0) is 30.2 Å². The first-order valence-corrected chi connectivity index (χ1v) is 20.5. The molecule has 13 nitrogen and oxygen atoms in total. The molecule has 0 spiro atoms. The Bertz CT molecular complexity index is 1590. The smallest absolute Gasteiger partial charge is 0.411 e. The van der Waals surface area contributed by atoms with Crippen LogP contribution >= 0.6 is 0 Å². The molecular formula is C44H69N3O10. The van der Waals surface area contributed by atoms with Crippen LogP contribution in [0.15, 0.2) is 54.6 Å². The summed E-state index contributed by atoms with van der Waals surface area (Å²) in [7, 11) is 5.57. The molecule has 14 unspecified atom stereocenters. The maximum Gasteiger partial charge on any atom is 0.411 e. The molecule has 2 aromatic carbocycles. The fraction of sp³-hybridized carbons (Fsp3) is 0.682. The van der Waals surface area contributed by atoms with Gasteiger partial charge in [0, 0.05) is 30.2 Å². The van der Waals surface area contributed by atoms with E-state index in [1.54, 1.807) is 40.7 Å². The van der Waals surface area contributed by atoms with Crippen molar-refractivity contribution in [3.8, 4) is 0 Å². The quantitative estimate of drug-likeness (QED) is 0.231. The number of rotatable bonds is 8. The Morgan fingerprint density at radius 3 is 2.28 bits per heavy atom. The first-order chi connectivity index (χ1) is 26.7. The Balaban J connectivity index is 1.76. The van der Waals surface area contributed by atoms with Crippen LogP contribution in [0.2, 0.25) is 0 Å². The fourth-order valence-electron chi connectivity index (χ4n) is 8.80. The number of esters is 1. The summed E-state index contributed by atoms with van der Waals surface area (Å²) in [4.78, 5) is 31.9. The number of anilines is 1. The zero-order valence-corrected chi connectivity index (χ0v) is 35.8. The number of carbonyl (C=O) groups is 2. The van der Waals surface area contributed by atoms with Gasteiger partial charge in [0.05, 0.1) is 23.7 Å². The minimum atomic E-state index is -1.84. The van der Waals surface area contributed by atoms with E-state index in [-0.39, 0.29) is 30.9 Å². The van der Waals surface area contributed by atoms with E-state index in [9.17, 15) is 30.0 Å². The summed E-state index contributed by atoms with van der Waals surface area (Å²) in [6.45, 7) is 14.2. The molecule has 2 saturated heterocycles. The fourth-order valence-corrected chi connectivity index (χ4v) is 8.80. The molecule has 2 aromatic rings. The molecule has 5 N–H and O–H groups in total. The Kier molecular flexibility index (Phi) is 16.1. The van der Waals surface area contributed by atoms with Gasteiger partial charge in [-0.3, -0.25) is 10.1 Å². The van der Waals surface area contributed by atoms with Gasteiger partial charge >= 0.3 is 12.1 Å². The van der Waals surface area contributed by atoms with Crippen LogP contribution in [0, 0.1) is 17.8 Å². The van der Waals surface area contributed by atoms with Gasteiger partial charge in [-0.1, -0.05) is 63.2 Å². The van der Waals surface area contributed by atoms with E-state index in [0.29, 0.717) is 25.1 Å². The van der Waals surface area contributed by atoms with Gasteiger partial charge in [0.2, 0.25) is 0 Å². The summed E-state index contributed by atoms with van der Waals surface area (Å²) in [5, 5.41) is 50.1. The lowest BCUT2D eigenvalue weighted by atomic mass is 9.77. The first kappa shape index (κ1) is 46.5. The van der Waals surface area contributed by atoms with Crippen LogP contribution < -0.4 is 5.32 Å². The molecule has 2 aliphatic rings. The molecule has 0 saturated carbocycles. The maximum atomic E-state index is 14.2. The molecule has 4 rings (SSSR count). The molecule has 14 atom stereocenters. The van der Waals surface area contributed by atoms with Gasteiger partial charge in [-0.2, -0.15) is 0 Å². The molecule has 0 bridgehead atoms. The number of aliphatic hydroxyl groups excluding tert-OH is 2. The van der Waals surface area contributed by atoms with Crippen molar-refractivity contribution in [1.82, 2.24) is 9.80 Å². The summed E-state index contributed by atoms with van der Waals surface area (Å²) in [5.74, 6) is -2.99. The van der Waals surface area contributed by atoms with Gasteiger partial charge in [-0.05, 0) is 111 Å². The lowest BCUT2D eigenvalue weighted by molar-refractivity contribution is -0.299. The third kappa shape index (κ3) is 11.8. The highest BCUT2D eigenvalue weighted by Crippen LogP contribution is 2.38. The molecule has 1 amide bonds. The summed E-state index contributed by atoms with van der Waals surface area (Å²) in [5.41, 5.74) is -0.898. The largest absolute Gasteiger partial charge is 0.459 e. The number of hydrogen-bond acceptors (Lipinski definition) is 12. The van der Waals surface area contributed by atoms with Crippen molar-refractivity contribution in [2.75, 3.05) is 33.0 Å². The predicted molar refractivity (Wildman–Crippen MR) is 219 cm³/mol. The predicted octanol–water partition coefficient (Wildman–Crippen LogP) is 4.82. The summed E-state index contributed by atoms with van der Waals surface area (Å²) in [6, 6.07) is 16.5. The number of nitrogens with one attached hydrogen (secondary N) is 1.